The molecule has 2 N–H and O–H groups in total. The molecule has 0 unspecified atom stereocenters. The van der Waals surface area contributed by atoms with Crippen molar-refractivity contribution in [2.45, 2.75) is 25.1 Å². The summed E-state index contributed by atoms with van der Waals surface area (Å²) in [5.41, 5.74) is 0.0388. The predicted molar refractivity (Wildman–Crippen MR) is 116 cm³/mol. The molecule has 2 amide bonds. The van der Waals surface area contributed by atoms with E-state index in [-0.39, 0.29) is 29.9 Å². The first-order chi connectivity index (χ1) is 15.8. The number of alkyl halides is 3. The number of anilines is 1. The van der Waals surface area contributed by atoms with Crippen molar-refractivity contribution >= 4 is 28.8 Å². The van der Waals surface area contributed by atoms with E-state index < -0.39 is 17.6 Å². The Morgan fingerprint density at radius 2 is 1.97 bits per heavy atom. The van der Waals surface area contributed by atoms with E-state index in [0.29, 0.717) is 31.5 Å². The normalized spacial score (nSPS) is 15.4. The predicted octanol–water partition coefficient (Wildman–Crippen LogP) is 3.18. The zero-order valence-electron chi connectivity index (χ0n) is 17.4. The van der Waals surface area contributed by atoms with Crippen LogP contribution in [0.25, 0.3) is 5.69 Å². The first-order valence-electron chi connectivity index (χ1n) is 10.2. The van der Waals surface area contributed by atoms with Gasteiger partial charge in [-0.05, 0) is 42.5 Å². The van der Waals surface area contributed by atoms with Gasteiger partial charge in [0, 0.05) is 30.1 Å². The van der Waals surface area contributed by atoms with Crippen LogP contribution in [0.4, 0.5) is 18.9 Å². The monoisotopic (exact) mass is 478 g/mol. The average Bonchev–Trinajstić information content (AvgIpc) is 3.49. The summed E-state index contributed by atoms with van der Waals surface area (Å²) >= 11 is 1.46. The van der Waals surface area contributed by atoms with Gasteiger partial charge in [-0.3, -0.25) is 14.5 Å². The molecule has 0 aliphatic carbocycles. The summed E-state index contributed by atoms with van der Waals surface area (Å²) in [6, 6.07) is 4.84. The van der Waals surface area contributed by atoms with Crippen molar-refractivity contribution in [2.24, 2.45) is 0 Å². The van der Waals surface area contributed by atoms with Crippen LogP contribution in [0.15, 0.2) is 47.7 Å². The lowest BCUT2D eigenvalue weighted by molar-refractivity contribution is -0.137. The number of halogens is 3. The van der Waals surface area contributed by atoms with Gasteiger partial charge in [-0.25, -0.2) is 9.67 Å². The third-order valence-electron chi connectivity index (χ3n) is 5.34. The summed E-state index contributed by atoms with van der Waals surface area (Å²) in [4.78, 5) is 30.5. The summed E-state index contributed by atoms with van der Waals surface area (Å²) in [5.74, 6) is -0.547. The first kappa shape index (κ1) is 22.9. The maximum Gasteiger partial charge on any atom is 0.416 e. The second kappa shape index (κ2) is 9.71. The largest absolute Gasteiger partial charge is 0.416 e. The maximum absolute atomic E-state index is 13.2. The number of carbonyl (C=O) groups is 2. The highest BCUT2D eigenvalue weighted by Gasteiger charge is 2.31. The number of benzene rings is 1. The zero-order valence-corrected chi connectivity index (χ0v) is 18.2. The molecule has 174 valence electrons. The van der Waals surface area contributed by atoms with Crippen LogP contribution >= 0.6 is 11.3 Å². The molecule has 1 aromatic carbocycles. The van der Waals surface area contributed by atoms with Gasteiger partial charge in [-0.15, -0.1) is 0 Å². The molecule has 0 bridgehead atoms. The number of amides is 2. The van der Waals surface area contributed by atoms with Gasteiger partial charge >= 0.3 is 6.18 Å². The van der Waals surface area contributed by atoms with Crippen LogP contribution in [0.3, 0.4) is 0 Å². The van der Waals surface area contributed by atoms with Crippen molar-refractivity contribution in [3.8, 4) is 5.69 Å². The van der Waals surface area contributed by atoms with Crippen molar-refractivity contribution in [1.29, 1.82) is 0 Å². The number of thiophene rings is 1. The summed E-state index contributed by atoms with van der Waals surface area (Å²) in [6.07, 6.45) is -0.596. The number of aromatic nitrogens is 3. The second-order valence-corrected chi connectivity index (χ2v) is 8.43. The van der Waals surface area contributed by atoms with Gasteiger partial charge in [0.1, 0.15) is 12.7 Å². The highest BCUT2D eigenvalue weighted by Crippen LogP contribution is 2.33. The van der Waals surface area contributed by atoms with Crippen molar-refractivity contribution < 1.29 is 22.8 Å². The van der Waals surface area contributed by atoms with Crippen LogP contribution in [-0.4, -0.2) is 57.2 Å². The van der Waals surface area contributed by atoms with Crippen LogP contribution < -0.4 is 10.6 Å². The Kier molecular flexibility index (Phi) is 6.75. The molecule has 0 radical (unpaired) electrons. The van der Waals surface area contributed by atoms with Crippen LogP contribution in [0.5, 0.6) is 0 Å². The van der Waals surface area contributed by atoms with E-state index in [0.717, 1.165) is 12.1 Å². The lowest BCUT2D eigenvalue weighted by atomic mass is 10.0. The Morgan fingerprint density at radius 1 is 1.18 bits per heavy atom. The van der Waals surface area contributed by atoms with E-state index in [4.69, 9.17) is 0 Å². The van der Waals surface area contributed by atoms with Crippen molar-refractivity contribution in [1.82, 2.24) is 25.0 Å². The molecule has 3 aromatic rings. The summed E-state index contributed by atoms with van der Waals surface area (Å²) in [7, 11) is 0. The van der Waals surface area contributed by atoms with Crippen LogP contribution in [0, 0.1) is 0 Å². The Hall–Kier alpha value is -3.25. The van der Waals surface area contributed by atoms with E-state index in [1.807, 2.05) is 10.3 Å². The molecule has 12 heteroatoms. The number of hydrogen-bond acceptors (Lipinski definition) is 6. The van der Waals surface area contributed by atoms with Crippen molar-refractivity contribution in [3.63, 3.8) is 0 Å². The Morgan fingerprint density at radius 3 is 2.61 bits per heavy atom. The molecule has 1 saturated heterocycles. The fourth-order valence-electron chi connectivity index (χ4n) is 3.64. The van der Waals surface area contributed by atoms with Crippen LogP contribution in [0.1, 0.15) is 28.8 Å². The Balaban J connectivity index is 1.36. The number of nitrogens with one attached hydrogen (secondary N) is 2. The number of nitrogens with zero attached hydrogens (tertiary/aromatic N) is 4. The lowest BCUT2D eigenvalue weighted by Crippen LogP contribution is -2.46. The smallest absolute Gasteiger partial charge is 0.349 e. The first-order valence-corrected chi connectivity index (χ1v) is 11.2. The molecule has 2 aromatic heterocycles. The second-order valence-electron chi connectivity index (χ2n) is 7.65. The Labute approximate surface area is 191 Å². The molecule has 0 spiro atoms. The highest BCUT2D eigenvalue weighted by molar-refractivity contribution is 7.08. The molecule has 1 aliphatic rings. The van der Waals surface area contributed by atoms with E-state index in [1.54, 1.807) is 11.4 Å². The van der Waals surface area contributed by atoms with Gasteiger partial charge in [-0.1, -0.05) is 0 Å². The van der Waals surface area contributed by atoms with Crippen molar-refractivity contribution in [2.75, 3.05) is 25.0 Å². The maximum atomic E-state index is 13.2. The fraction of sp³-hybridized carbons (Fsp3) is 0.333. The van der Waals surface area contributed by atoms with E-state index >= 15 is 0 Å². The number of piperidine rings is 1. The minimum Gasteiger partial charge on any atom is -0.349 e. The minimum absolute atomic E-state index is 0.00163. The lowest BCUT2D eigenvalue weighted by Gasteiger charge is -2.31. The number of hydrogen-bond donors (Lipinski definition) is 2. The molecule has 0 atom stereocenters. The molecule has 0 saturated carbocycles. The van der Waals surface area contributed by atoms with Gasteiger partial charge < -0.3 is 10.6 Å². The molecule has 1 aliphatic heterocycles. The highest BCUT2D eigenvalue weighted by atomic mass is 32.1. The molecule has 4 rings (SSSR count). The summed E-state index contributed by atoms with van der Waals surface area (Å²) < 4.78 is 40.8. The van der Waals surface area contributed by atoms with E-state index in [1.165, 1.54) is 34.7 Å². The number of rotatable bonds is 6. The number of carbonyl (C=O) groups excluding carboxylic acids is 2. The van der Waals surface area contributed by atoms with E-state index in [9.17, 15) is 22.8 Å². The van der Waals surface area contributed by atoms with Gasteiger partial charge in [0.15, 0.2) is 0 Å². The van der Waals surface area contributed by atoms with Crippen molar-refractivity contribution in [3.05, 3.63) is 58.8 Å². The van der Waals surface area contributed by atoms with Gasteiger partial charge in [0.2, 0.25) is 5.91 Å². The molecular formula is C21H21F3N6O2S. The fourth-order valence-corrected chi connectivity index (χ4v) is 4.27. The van der Waals surface area contributed by atoms with Gasteiger partial charge in [0.05, 0.1) is 23.5 Å². The topological polar surface area (TPSA) is 92.2 Å². The van der Waals surface area contributed by atoms with Crippen LogP contribution in [-0.2, 0) is 11.0 Å². The zero-order chi connectivity index (χ0) is 23.4. The summed E-state index contributed by atoms with van der Waals surface area (Å²) in [6.45, 7) is 1.19. The van der Waals surface area contributed by atoms with E-state index in [2.05, 4.69) is 20.7 Å². The molecule has 3 heterocycles. The third kappa shape index (κ3) is 5.76. The van der Waals surface area contributed by atoms with Crippen LogP contribution in [0.2, 0.25) is 0 Å². The molecule has 8 nitrogen and oxygen atoms in total. The molecular weight excluding hydrogens is 457 g/mol. The summed E-state index contributed by atoms with van der Waals surface area (Å²) in [5, 5.41) is 13.2. The Bertz CT molecular complexity index is 1090. The minimum atomic E-state index is -4.55. The van der Waals surface area contributed by atoms with Gasteiger partial charge in [0.25, 0.3) is 5.91 Å². The molecule has 1 fully saturated rings. The number of likely N-dealkylation sites (tertiary alicyclic amines) is 1. The molecule has 33 heavy (non-hydrogen) atoms. The van der Waals surface area contributed by atoms with Gasteiger partial charge in [-0.2, -0.15) is 29.6 Å². The average molecular weight is 479 g/mol. The SMILES string of the molecule is O=C(CN1CCC(NC(=O)c2ccsc2)CC1)Nc1cc(C(F)(F)F)ccc1-n1cncn1. The standard InChI is InChI=1S/C21H21F3N6O2S/c22-21(23,24)15-1-2-18(30-13-25-12-26-30)17(9-15)28-19(31)10-29-6-3-16(4-7-29)27-20(32)14-5-8-33-11-14/h1-2,5,8-9,11-13,16H,3-4,6-7,10H2,(H,27,32)(H,28,31). The quantitative estimate of drug-likeness (QED) is 0.568. The third-order valence-corrected chi connectivity index (χ3v) is 6.02.